The summed E-state index contributed by atoms with van der Waals surface area (Å²) in [5.41, 5.74) is 2.22. The van der Waals surface area contributed by atoms with E-state index in [0.717, 1.165) is 12.1 Å². The molecule has 23 heavy (non-hydrogen) atoms. The molecular formula is C17H23N3O2S. The van der Waals surface area contributed by atoms with Gasteiger partial charge in [0, 0.05) is 38.6 Å². The van der Waals surface area contributed by atoms with E-state index in [1.165, 1.54) is 9.87 Å². The molecule has 0 aliphatic carbocycles. The number of rotatable bonds is 8. The van der Waals surface area contributed by atoms with Gasteiger partial charge in [0.1, 0.15) is 0 Å². The lowest BCUT2D eigenvalue weighted by Crippen LogP contribution is -2.30. The molecule has 0 spiro atoms. The van der Waals surface area contributed by atoms with E-state index in [-0.39, 0.29) is 0 Å². The maximum atomic E-state index is 12.4. The molecule has 0 fully saturated rings. The molecule has 0 atom stereocenters. The first-order valence-corrected chi connectivity index (χ1v) is 9.20. The maximum Gasteiger partial charge on any atom is 0.243 e. The second kappa shape index (κ2) is 8.19. The van der Waals surface area contributed by atoms with Crippen molar-refractivity contribution in [3.63, 3.8) is 0 Å². The summed E-state index contributed by atoms with van der Waals surface area (Å²) < 4.78 is 26.3. The standard InChI is InChI=1S/C17H23N3O2S/c1-3-20(4-2)23(21,22)17-7-5-15(6-8-17)13-19-14-16-9-11-18-12-10-16/h5-12,19H,3-4,13-14H2,1-2H3. The average Bonchev–Trinajstić information content (AvgIpc) is 2.57. The third-order valence-electron chi connectivity index (χ3n) is 3.67. The van der Waals surface area contributed by atoms with Crippen LogP contribution in [0.1, 0.15) is 25.0 Å². The number of hydrogen-bond acceptors (Lipinski definition) is 4. The van der Waals surface area contributed by atoms with Crippen molar-refractivity contribution >= 4 is 10.0 Å². The van der Waals surface area contributed by atoms with Crippen molar-refractivity contribution in [2.75, 3.05) is 13.1 Å². The number of nitrogens with zero attached hydrogens (tertiary/aromatic N) is 2. The Labute approximate surface area is 138 Å². The number of hydrogen-bond donors (Lipinski definition) is 1. The zero-order valence-corrected chi connectivity index (χ0v) is 14.4. The summed E-state index contributed by atoms with van der Waals surface area (Å²) in [6.45, 7) is 6.09. The van der Waals surface area contributed by atoms with Crippen molar-refractivity contribution in [3.05, 3.63) is 59.9 Å². The molecule has 0 unspecified atom stereocenters. The first-order valence-electron chi connectivity index (χ1n) is 7.76. The largest absolute Gasteiger partial charge is 0.309 e. The van der Waals surface area contributed by atoms with Gasteiger partial charge in [-0.1, -0.05) is 26.0 Å². The fourth-order valence-corrected chi connectivity index (χ4v) is 3.80. The molecule has 1 aromatic carbocycles. The van der Waals surface area contributed by atoms with Crippen LogP contribution in [0.25, 0.3) is 0 Å². The monoisotopic (exact) mass is 333 g/mol. The van der Waals surface area contributed by atoms with Crippen LogP contribution in [0.3, 0.4) is 0 Å². The number of sulfonamides is 1. The van der Waals surface area contributed by atoms with E-state index in [4.69, 9.17) is 0 Å². The lowest BCUT2D eigenvalue weighted by Gasteiger charge is -2.18. The predicted molar refractivity (Wildman–Crippen MR) is 91.3 cm³/mol. The lowest BCUT2D eigenvalue weighted by molar-refractivity contribution is 0.445. The maximum absolute atomic E-state index is 12.4. The summed E-state index contributed by atoms with van der Waals surface area (Å²) in [6, 6.07) is 11.0. The molecule has 0 saturated heterocycles. The molecule has 124 valence electrons. The average molecular weight is 333 g/mol. The van der Waals surface area contributed by atoms with Crippen molar-refractivity contribution in [2.45, 2.75) is 31.8 Å². The number of pyridine rings is 1. The zero-order chi connectivity index (χ0) is 16.7. The van der Waals surface area contributed by atoms with E-state index in [1.54, 1.807) is 24.5 Å². The fourth-order valence-electron chi connectivity index (χ4n) is 2.34. The highest BCUT2D eigenvalue weighted by Gasteiger charge is 2.20. The van der Waals surface area contributed by atoms with Crippen LogP contribution in [0, 0.1) is 0 Å². The molecule has 6 heteroatoms. The summed E-state index contributed by atoms with van der Waals surface area (Å²) in [6.07, 6.45) is 3.54. The molecule has 0 amide bonds. The third-order valence-corrected chi connectivity index (χ3v) is 5.74. The van der Waals surface area contributed by atoms with Gasteiger partial charge in [-0.15, -0.1) is 0 Å². The van der Waals surface area contributed by atoms with Crippen LogP contribution in [0.15, 0.2) is 53.7 Å². The van der Waals surface area contributed by atoms with Crippen LogP contribution >= 0.6 is 0 Å². The first kappa shape index (κ1) is 17.6. The Kier molecular flexibility index (Phi) is 6.27. The molecule has 0 radical (unpaired) electrons. The van der Waals surface area contributed by atoms with Gasteiger partial charge in [-0.3, -0.25) is 4.98 Å². The molecule has 1 aromatic heterocycles. The van der Waals surface area contributed by atoms with E-state index in [2.05, 4.69) is 10.3 Å². The van der Waals surface area contributed by atoms with Gasteiger partial charge in [0.2, 0.25) is 10.0 Å². The first-order chi connectivity index (χ1) is 11.1. The Balaban J connectivity index is 1.97. The van der Waals surface area contributed by atoms with E-state index in [0.29, 0.717) is 24.5 Å². The number of aromatic nitrogens is 1. The molecule has 2 aromatic rings. The van der Waals surface area contributed by atoms with Crippen LogP contribution in [0.4, 0.5) is 0 Å². The molecule has 0 aliphatic rings. The highest BCUT2D eigenvalue weighted by molar-refractivity contribution is 7.89. The molecule has 1 N–H and O–H groups in total. The van der Waals surface area contributed by atoms with Crippen molar-refractivity contribution in [1.82, 2.24) is 14.6 Å². The molecular weight excluding hydrogens is 310 g/mol. The summed E-state index contributed by atoms with van der Waals surface area (Å²) >= 11 is 0. The van der Waals surface area contributed by atoms with E-state index in [1.807, 2.05) is 38.1 Å². The van der Waals surface area contributed by atoms with Crippen LogP contribution in [-0.4, -0.2) is 30.8 Å². The summed E-state index contributed by atoms with van der Waals surface area (Å²) in [5.74, 6) is 0. The van der Waals surface area contributed by atoms with Gasteiger partial charge in [0.25, 0.3) is 0 Å². The fraction of sp³-hybridized carbons (Fsp3) is 0.353. The molecule has 1 heterocycles. The van der Waals surface area contributed by atoms with Crippen molar-refractivity contribution in [2.24, 2.45) is 0 Å². The quantitative estimate of drug-likeness (QED) is 0.806. The molecule has 5 nitrogen and oxygen atoms in total. The Hall–Kier alpha value is -1.76. The van der Waals surface area contributed by atoms with Gasteiger partial charge in [-0.2, -0.15) is 4.31 Å². The van der Waals surface area contributed by atoms with Crippen molar-refractivity contribution < 1.29 is 8.42 Å². The van der Waals surface area contributed by atoms with Crippen molar-refractivity contribution in [3.8, 4) is 0 Å². The summed E-state index contributed by atoms with van der Waals surface area (Å²) in [4.78, 5) is 4.33. The van der Waals surface area contributed by atoms with Crippen LogP contribution in [0.5, 0.6) is 0 Å². The minimum atomic E-state index is -3.38. The van der Waals surface area contributed by atoms with Crippen LogP contribution in [0.2, 0.25) is 0 Å². The number of benzene rings is 1. The van der Waals surface area contributed by atoms with Crippen LogP contribution in [-0.2, 0) is 23.1 Å². The SMILES string of the molecule is CCN(CC)S(=O)(=O)c1ccc(CNCc2ccncc2)cc1. The molecule has 0 saturated carbocycles. The van der Waals surface area contributed by atoms with E-state index < -0.39 is 10.0 Å². The Morgan fingerprint density at radius 1 is 0.913 bits per heavy atom. The molecule has 0 bridgehead atoms. The Morgan fingerprint density at radius 3 is 1.96 bits per heavy atom. The third kappa shape index (κ3) is 4.60. The Bertz CT molecular complexity index is 696. The minimum absolute atomic E-state index is 0.346. The van der Waals surface area contributed by atoms with Gasteiger partial charge in [0.15, 0.2) is 0 Å². The predicted octanol–water partition coefficient (Wildman–Crippen LogP) is 2.40. The number of nitrogens with one attached hydrogen (secondary N) is 1. The van der Waals surface area contributed by atoms with E-state index >= 15 is 0 Å². The van der Waals surface area contributed by atoms with Gasteiger partial charge in [-0.25, -0.2) is 8.42 Å². The summed E-state index contributed by atoms with van der Waals surface area (Å²) in [5, 5.41) is 3.33. The minimum Gasteiger partial charge on any atom is -0.309 e. The topological polar surface area (TPSA) is 62.3 Å². The zero-order valence-electron chi connectivity index (χ0n) is 13.6. The second-order valence-electron chi connectivity index (χ2n) is 5.19. The highest BCUT2D eigenvalue weighted by atomic mass is 32.2. The van der Waals surface area contributed by atoms with Gasteiger partial charge in [-0.05, 0) is 35.4 Å². The summed E-state index contributed by atoms with van der Waals surface area (Å²) in [7, 11) is -3.38. The van der Waals surface area contributed by atoms with Gasteiger partial charge < -0.3 is 5.32 Å². The molecule has 2 rings (SSSR count). The smallest absolute Gasteiger partial charge is 0.243 e. The Morgan fingerprint density at radius 2 is 1.43 bits per heavy atom. The van der Waals surface area contributed by atoms with Gasteiger partial charge >= 0.3 is 0 Å². The highest BCUT2D eigenvalue weighted by Crippen LogP contribution is 2.16. The van der Waals surface area contributed by atoms with E-state index in [9.17, 15) is 8.42 Å². The second-order valence-corrected chi connectivity index (χ2v) is 7.13. The normalized spacial score (nSPS) is 11.8. The van der Waals surface area contributed by atoms with Crippen LogP contribution < -0.4 is 5.32 Å². The molecule has 0 aliphatic heterocycles. The lowest BCUT2D eigenvalue weighted by atomic mass is 10.2. The van der Waals surface area contributed by atoms with Crippen molar-refractivity contribution in [1.29, 1.82) is 0 Å². The van der Waals surface area contributed by atoms with Gasteiger partial charge in [0.05, 0.1) is 4.90 Å².